The van der Waals surface area contributed by atoms with Gasteiger partial charge in [0.15, 0.2) is 11.5 Å². The second-order valence-corrected chi connectivity index (χ2v) is 10.3. The van der Waals surface area contributed by atoms with Gasteiger partial charge in [-0.3, -0.25) is 4.79 Å². The summed E-state index contributed by atoms with van der Waals surface area (Å²) in [4.78, 5) is 14.9. The summed E-state index contributed by atoms with van der Waals surface area (Å²) in [6, 6.07) is 9.23. The smallest absolute Gasteiger partial charge is 0.257 e. The summed E-state index contributed by atoms with van der Waals surface area (Å²) >= 11 is 0. The number of nitrogens with one attached hydrogen (secondary N) is 1. The number of ether oxygens (including phenoxy) is 3. The van der Waals surface area contributed by atoms with Crippen molar-refractivity contribution in [1.82, 2.24) is 9.62 Å². The van der Waals surface area contributed by atoms with Crippen molar-refractivity contribution in [3.63, 3.8) is 0 Å². The van der Waals surface area contributed by atoms with E-state index in [2.05, 4.69) is 11.6 Å². The molecule has 2 aliphatic rings. The number of hydrogen-bond acceptors (Lipinski definition) is 6. The number of benzene rings is 2. The van der Waals surface area contributed by atoms with Crippen molar-refractivity contribution in [2.75, 3.05) is 33.4 Å². The van der Waals surface area contributed by atoms with Crippen molar-refractivity contribution in [2.24, 2.45) is 5.92 Å². The Hall–Kier alpha value is -2.78. The van der Waals surface area contributed by atoms with Gasteiger partial charge in [-0.25, -0.2) is 13.1 Å². The van der Waals surface area contributed by atoms with Crippen LogP contribution in [-0.2, 0) is 10.0 Å². The Kier molecular flexibility index (Phi) is 6.81. The molecule has 8 nitrogen and oxygen atoms in total. The second kappa shape index (κ2) is 9.61. The van der Waals surface area contributed by atoms with Crippen LogP contribution < -0.4 is 18.9 Å². The van der Waals surface area contributed by atoms with Crippen LogP contribution in [0.15, 0.2) is 41.3 Å². The molecule has 1 atom stereocenters. The summed E-state index contributed by atoms with van der Waals surface area (Å²) in [6.07, 6.45) is 1.86. The van der Waals surface area contributed by atoms with Crippen LogP contribution in [0.3, 0.4) is 0 Å². The van der Waals surface area contributed by atoms with Crippen molar-refractivity contribution >= 4 is 15.9 Å². The molecule has 178 valence electrons. The average Bonchev–Trinajstić information content (AvgIpc) is 2.83. The number of carbonyl (C=O) groups is 1. The molecule has 0 bridgehead atoms. The third kappa shape index (κ3) is 5.09. The Morgan fingerprint density at radius 1 is 1.09 bits per heavy atom. The summed E-state index contributed by atoms with van der Waals surface area (Å²) in [5, 5.41) is 0. The lowest BCUT2D eigenvalue weighted by molar-refractivity contribution is 0.0693. The number of likely N-dealkylation sites (tertiary alicyclic amines) is 1. The van der Waals surface area contributed by atoms with Crippen molar-refractivity contribution in [3.8, 4) is 17.2 Å². The molecule has 4 rings (SSSR count). The minimum atomic E-state index is -3.90. The molecule has 33 heavy (non-hydrogen) atoms. The van der Waals surface area contributed by atoms with Crippen molar-refractivity contribution in [1.29, 1.82) is 0 Å². The summed E-state index contributed by atoms with van der Waals surface area (Å²) in [5.41, 5.74) is 0.997. The Morgan fingerprint density at radius 2 is 1.79 bits per heavy atom. The zero-order chi connectivity index (χ0) is 23.6. The van der Waals surface area contributed by atoms with Crippen LogP contribution in [0.25, 0.3) is 0 Å². The highest BCUT2D eigenvalue weighted by molar-refractivity contribution is 7.89. The van der Waals surface area contributed by atoms with Gasteiger partial charge in [0, 0.05) is 19.1 Å². The monoisotopic (exact) mass is 474 g/mol. The first-order valence-electron chi connectivity index (χ1n) is 11.2. The lowest BCUT2D eigenvalue weighted by atomic mass is 9.98. The zero-order valence-corrected chi connectivity index (χ0v) is 20.0. The highest BCUT2D eigenvalue weighted by Crippen LogP contribution is 2.33. The fourth-order valence-corrected chi connectivity index (χ4v) is 5.36. The molecule has 0 aromatic heterocycles. The molecule has 2 aliphatic heterocycles. The normalized spacial score (nSPS) is 17.5. The Morgan fingerprint density at radius 3 is 2.48 bits per heavy atom. The van der Waals surface area contributed by atoms with E-state index in [4.69, 9.17) is 14.2 Å². The molecular formula is C24H30N2O6S. The highest BCUT2D eigenvalue weighted by Gasteiger charge is 2.27. The Balaban J connectivity index is 1.56. The quantitative estimate of drug-likeness (QED) is 0.690. The highest BCUT2D eigenvalue weighted by atomic mass is 32.2. The molecule has 0 aliphatic carbocycles. The molecular weight excluding hydrogens is 444 g/mol. The molecule has 1 amide bonds. The Bertz CT molecular complexity index is 1130. The third-order valence-electron chi connectivity index (χ3n) is 6.18. The number of hydrogen-bond donors (Lipinski definition) is 1. The number of sulfonamides is 1. The van der Waals surface area contributed by atoms with Gasteiger partial charge in [-0.1, -0.05) is 13.0 Å². The van der Waals surface area contributed by atoms with E-state index < -0.39 is 16.1 Å². The van der Waals surface area contributed by atoms with Crippen LogP contribution >= 0.6 is 0 Å². The molecule has 0 spiro atoms. The SMILES string of the molecule is COc1ccc(S(=O)(=O)NC(C)c2ccc3c(c2)OCCO3)cc1C(=O)N1CCC(C)CC1. The van der Waals surface area contributed by atoms with Gasteiger partial charge in [0.1, 0.15) is 19.0 Å². The summed E-state index contributed by atoms with van der Waals surface area (Å²) in [6.45, 7) is 6.18. The van der Waals surface area contributed by atoms with Crippen molar-refractivity contribution in [3.05, 3.63) is 47.5 Å². The van der Waals surface area contributed by atoms with E-state index in [1.54, 1.807) is 30.0 Å². The minimum absolute atomic E-state index is 0.0152. The van der Waals surface area contributed by atoms with E-state index in [1.165, 1.54) is 25.3 Å². The van der Waals surface area contributed by atoms with Crippen LogP contribution in [0.1, 0.15) is 48.7 Å². The summed E-state index contributed by atoms with van der Waals surface area (Å²) in [7, 11) is -2.42. The molecule has 2 heterocycles. The maximum absolute atomic E-state index is 13.2. The number of amides is 1. The predicted octanol–water partition coefficient (Wildman–Crippen LogP) is 3.38. The largest absolute Gasteiger partial charge is 0.496 e. The van der Waals surface area contributed by atoms with E-state index >= 15 is 0 Å². The molecule has 9 heteroatoms. The van der Waals surface area contributed by atoms with Gasteiger partial charge in [-0.05, 0) is 61.6 Å². The molecule has 1 unspecified atom stereocenters. The van der Waals surface area contributed by atoms with Crippen LogP contribution in [0, 0.1) is 5.92 Å². The fraction of sp³-hybridized carbons (Fsp3) is 0.458. The lowest BCUT2D eigenvalue weighted by Gasteiger charge is -2.30. The van der Waals surface area contributed by atoms with Crippen LogP contribution in [0.4, 0.5) is 0 Å². The number of piperidine rings is 1. The molecule has 1 saturated heterocycles. The van der Waals surface area contributed by atoms with E-state index in [1.807, 2.05) is 0 Å². The standard InChI is InChI=1S/C24H30N2O6S/c1-16-8-10-26(11-9-16)24(27)20-15-19(5-7-21(20)30-3)33(28,29)25-17(2)18-4-6-22-23(14-18)32-13-12-31-22/h4-7,14-17,25H,8-13H2,1-3H3. The van der Waals surface area contributed by atoms with Gasteiger partial charge < -0.3 is 19.1 Å². The van der Waals surface area contributed by atoms with Gasteiger partial charge in [0.25, 0.3) is 5.91 Å². The summed E-state index contributed by atoms with van der Waals surface area (Å²) in [5.74, 6) is 1.96. The average molecular weight is 475 g/mol. The maximum atomic E-state index is 13.2. The van der Waals surface area contributed by atoms with Crippen LogP contribution in [0.2, 0.25) is 0 Å². The van der Waals surface area contributed by atoms with Crippen LogP contribution in [0.5, 0.6) is 17.2 Å². The topological polar surface area (TPSA) is 94.2 Å². The molecule has 0 saturated carbocycles. The molecule has 0 radical (unpaired) electrons. The molecule has 1 fully saturated rings. The lowest BCUT2D eigenvalue weighted by Crippen LogP contribution is -2.38. The summed E-state index contributed by atoms with van der Waals surface area (Å²) < 4.78 is 45.5. The molecule has 2 aromatic carbocycles. The van der Waals surface area contributed by atoms with Gasteiger partial charge >= 0.3 is 0 Å². The van der Waals surface area contributed by atoms with Gasteiger partial charge in [0.2, 0.25) is 10.0 Å². The maximum Gasteiger partial charge on any atom is 0.257 e. The number of nitrogens with zero attached hydrogens (tertiary/aromatic N) is 1. The van der Waals surface area contributed by atoms with E-state index in [0.29, 0.717) is 49.5 Å². The van der Waals surface area contributed by atoms with Crippen molar-refractivity contribution < 1.29 is 27.4 Å². The number of carbonyl (C=O) groups excluding carboxylic acids is 1. The van der Waals surface area contributed by atoms with Crippen molar-refractivity contribution in [2.45, 2.75) is 37.6 Å². The van der Waals surface area contributed by atoms with E-state index in [-0.39, 0.29) is 16.4 Å². The molecule has 2 aromatic rings. The second-order valence-electron chi connectivity index (χ2n) is 8.58. The molecule has 1 N–H and O–H groups in total. The van der Waals surface area contributed by atoms with Gasteiger partial charge in [-0.15, -0.1) is 0 Å². The van der Waals surface area contributed by atoms with E-state index in [9.17, 15) is 13.2 Å². The Labute approximate surface area is 194 Å². The third-order valence-corrected chi connectivity index (χ3v) is 7.72. The van der Waals surface area contributed by atoms with Crippen LogP contribution in [-0.4, -0.2) is 52.6 Å². The first kappa shape index (κ1) is 23.4. The zero-order valence-electron chi connectivity index (χ0n) is 19.2. The number of methoxy groups -OCH3 is 1. The first-order valence-corrected chi connectivity index (χ1v) is 12.7. The van der Waals surface area contributed by atoms with Gasteiger partial charge in [-0.2, -0.15) is 0 Å². The predicted molar refractivity (Wildman–Crippen MR) is 123 cm³/mol. The first-order chi connectivity index (χ1) is 15.8. The van der Waals surface area contributed by atoms with Gasteiger partial charge in [0.05, 0.1) is 17.6 Å². The number of fused-ring (bicyclic) bond motifs is 1. The van der Waals surface area contributed by atoms with E-state index in [0.717, 1.165) is 18.4 Å². The minimum Gasteiger partial charge on any atom is -0.496 e. The number of rotatable bonds is 6. The fourth-order valence-electron chi connectivity index (χ4n) is 4.10.